The molecule has 7 aliphatic carbocycles. The number of aliphatic hydroxyl groups is 1. The first-order valence-corrected chi connectivity index (χ1v) is 35.9. The third-order valence-electron chi connectivity index (χ3n) is 24.7. The molecule has 1 aliphatic heterocycles. The molecule has 2 aromatic carbocycles. The van der Waals surface area contributed by atoms with Crippen LogP contribution in [0.2, 0.25) is 0 Å². The molecule has 0 aromatic heterocycles. The maximum atomic E-state index is 16.0. The lowest BCUT2D eigenvalue weighted by Crippen LogP contribution is -2.82. The normalized spacial score (nSPS) is 35.0. The van der Waals surface area contributed by atoms with E-state index in [1.165, 1.54) is 72.5 Å². The minimum absolute atomic E-state index is 0.00701. The molecule has 6 fully saturated rings. The fraction of sp³-hybridized carbons (Fsp3) is 0.718. The van der Waals surface area contributed by atoms with Crippen LogP contribution >= 0.6 is 0 Å². The van der Waals surface area contributed by atoms with Crippen molar-refractivity contribution in [2.75, 3.05) is 53.9 Å². The maximum Gasteiger partial charge on any atom is 0.408 e. The van der Waals surface area contributed by atoms with Crippen molar-refractivity contribution in [1.82, 2.24) is 5.32 Å². The molecule has 0 spiro atoms. The van der Waals surface area contributed by atoms with Crippen LogP contribution in [0, 0.1) is 63.1 Å². The SMILES string of the molecule is COC1C(=O)C2(C)C(OC)CC3OCC3(OC(C)=O)C2C(OC(=O)c2ccccc2)C2(O)CC(OC(=O)C(OC(=O)COCCOCCOC3CCC4(C)C(=CCC5C4CCC4(C)C(C(C)CCCC(C)C)CCC54)C3)C(NC(=O)OC(C)(C)C)c3ccccc3)C(C)=C1C2(C)C. The van der Waals surface area contributed by atoms with Crippen LogP contribution in [0.3, 0.4) is 0 Å². The summed E-state index contributed by atoms with van der Waals surface area (Å²) in [6, 6.07) is 15.0. The number of rotatable bonds is 25. The van der Waals surface area contributed by atoms with Crippen LogP contribution in [0.5, 0.6) is 0 Å². The van der Waals surface area contributed by atoms with Crippen molar-refractivity contribution < 1.29 is 86.0 Å². The van der Waals surface area contributed by atoms with Crippen LogP contribution in [0.25, 0.3) is 0 Å². The van der Waals surface area contributed by atoms with Gasteiger partial charge in [0.05, 0.1) is 62.1 Å². The lowest BCUT2D eigenvalue weighted by molar-refractivity contribution is -0.347. The Morgan fingerprint density at radius 2 is 1.51 bits per heavy atom. The number of methoxy groups -OCH3 is 2. The molecule has 10 rings (SSSR count). The third kappa shape index (κ3) is 14.4. The number of esters is 4. The highest BCUT2D eigenvalue weighted by atomic mass is 16.6. The number of ketones is 1. The summed E-state index contributed by atoms with van der Waals surface area (Å²) >= 11 is 0. The van der Waals surface area contributed by atoms with E-state index in [2.05, 4.69) is 46.0 Å². The van der Waals surface area contributed by atoms with Crippen LogP contribution in [0.15, 0.2) is 83.5 Å². The summed E-state index contributed by atoms with van der Waals surface area (Å²) < 4.78 is 68.0. The van der Waals surface area contributed by atoms with E-state index in [1.807, 2.05) is 0 Å². The Labute approximate surface area is 575 Å². The van der Waals surface area contributed by atoms with Crippen molar-refractivity contribution in [1.29, 1.82) is 0 Å². The van der Waals surface area contributed by atoms with Crippen LogP contribution in [0.4, 0.5) is 4.79 Å². The van der Waals surface area contributed by atoms with E-state index in [0.717, 1.165) is 54.8 Å². The number of hydrogen-bond acceptors (Lipinski definition) is 18. The van der Waals surface area contributed by atoms with Crippen LogP contribution in [-0.4, -0.2) is 154 Å². The van der Waals surface area contributed by atoms with Gasteiger partial charge in [0.1, 0.15) is 48.3 Å². The van der Waals surface area contributed by atoms with Crippen molar-refractivity contribution in [2.24, 2.45) is 63.1 Å². The topological polar surface area (TPSA) is 236 Å². The number of carbonyl (C=O) groups is 6. The van der Waals surface area contributed by atoms with Crippen LogP contribution < -0.4 is 5.32 Å². The molecule has 2 aromatic rings. The molecule has 2 N–H and O–H groups in total. The molecule has 1 saturated heterocycles. The first kappa shape index (κ1) is 74.2. The van der Waals surface area contributed by atoms with E-state index in [0.29, 0.717) is 29.8 Å². The predicted molar refractivity (Wildman–Crippen MR) is 361 cm³/mol. The molecule has 1 heterocycles. The Balaban J connectivity index is 0.835. The van der Waals surface area contributed by atoms with Crippen molar-refractivity contribution in [3.63, 3.8) is 0 Å². The average Bonchev–Trinajstić information content (AvgIpc) is 1.50. The number of alkyl carbamates (subject to hydrolysis) is 1. The maximum absolute atomic E-state index is 16.0. The molecule has 5 saturated carbocycles. The van der Waals surface area contributed by atoms with Gasteiger partial charge >= 0.3 is 30.0 Å². The smallest absolute Gasteiger partial charge is 0.408 e. The second-order valence-corrected chi connectivity index (χ2v) is 32.2. The van der Waals surface area contributed by atoms with Crippen molar-refractivity contribution in [3.8, 4) is 0 Å². The largest absolute Gasteiger partial charge is 0.455 e. The van der Waals surface area contributed by atoms with Gasteiger partial charge in [-0.05, 0) is 161 Å². The molecule has 8 aliphatic rings. The number of hydrogen-bond donors (Lipinski definition) is 2. The standard InChI is InChI=1S/C78H111NO18/c1-46(2)23-22-24-47(3)55-31-32-56-54-30-29-52-41-53(33-35-74(52,11)57(54)34-36-75(55,56)12)91-40-39-89-37-38-90-44-61(81)94-65(63(50-25-18-16-19-26-50)79-71(85)97-72(6,7)8)70(84)93-58-43-78(86)68(95-69(83)51-27-20-17-21-28-51)66-76(13,67(82)64(88-15)62(48(58)4)73(78,9)10)59(87-14)42-60-77(66,45-92-60)96-49(5)80/h16-21,25-29,46-47,53-60,63-66,68,86H,22-24,30-45H2,1-15H3,(H,79,85). The highest BCUT2D eigenvalue weighted by molar-refractivity contribution is 5.94. The lowest BCUT2D eigenvalue weighted by atomic mass is 9.44. The van der Waals surface area contributed by atoms with Crippen molar-refractivity contribution in [2.45, 2.75) is 239 Å². The first-order valence-electron chi connectivity index (χ1n) is 35.9. The average molecular weight is 1350 g/mol. The monoisotopic (exact) mass is 1350 g/mol. The molecule has 2 bridgehead atoms. The molecule has 1 amide bonds. The van der Waals surface area contributed by atoms with E-state index >= 15 is 9.59 Å². The summed E-state index contributed by atoms with van der Waals surface area (Å²) in [6.07, 6.45) is 6.72. The predicted octanol–water partition coefficient (Wildman–Crippen LogP) is 12.6. The van der Waals surface area contributed by atoms with Crippen molar-refractivity contribution >= 4 is 35.8 Å². The fourth-order valence-corrected chi connectivity index (χ4v) is 19.8. The number of fused-ring (bicyclic) bond motifs is 10. The number of nitrogens with one attached hydrogen (secondary N) is 1. The van der Waals surface area contributed by atoms with E-state index in [9.17, 15) is 24.3 Å². The Hall–Kier alpha value is -5.54. The minimum atomic E-state index is -2.32. The highest BCUT2D eigenvalue weighted by Crippen LogP contribution is 2.69. The first-order chi connectivity index (χ1) is 45.9. The third-order valence-corrected chi connectivity index (χ3v) is 24.7. The van der Waals surface area contributed by atoms with Gasteiger partial charge in [0.25, 0.3) is 0 Å². The van der Waals surface area contributed by atoms with Gasteiger partial charge in [-0.15, -0.1) is 0 Å². The van der Waals surface area contributed by atoms with E-state index in [4.69, 9.17) is 52.1 Å². The molecule has 536 valence electrons. The lowest BCUT2D eigenvalue weighted by Gasteiger charge is -2.67. The number of amides is 1. The molecule has 19 nitrogen and oxygen atoms in total. The second-order valence-electron chi connectivity index (χ2n) is 32.2. The Bertz CT molecular complexity index is 3210. The zero-order chi connectivity index (χ0) is 70.2. The van der Waals surface area contributed by atoms with Crippen molar-refractivity contribution in [3.05, 3.63) is 94.6 Å². The Morgan fingerprint density at radius 1 is 0.814 bits per heavy atom. The van der Waals surface area contributed by atoms with Gasteiger partial charge in [0.15, 0.2) is 11.4 Å². The summed E-state index contributed by atoms with van der Waals surface area (Å²) in [5.74, 6) is -0.938. The molecule has 19 heteroatoms. The number of ether oxygens (including phenoxy) is 11. The van der Waals surface area contributed by atoms with E-state index in [1.54, 1.807) is 115 Å². The Kier molecular flexibility index (Phi) is 22.6. The molecule has 97 heavy (non-hydrogen) atoms. The highest BCUT2D eigenvalue weighted by Gasteiger charge is 2.78. The van der Waals surface area contributed by atoms with Crippen LogP contribution in [-0.2, 0) is 71.3 Å². The van der Waals surface area contributed by atoms with Crippen LogP contribution in [0.1, 0.15) is 195 Å². The number of Topliss-reactive ketones (excluding diaryl/α,β-unsaturated/α-hetero) is 1. The zero-order valence-corrected chi connectivity index (χ0v) is 60.3. The summed E-state index contributed by atoms with van der Waals surface area (Å²) in [5, 5.41) is 16.9. The fourth-order valence-electron chi connectivity index (χ4n) is 19.8. The second kappa shape index (κ2) is 29.6. The van der Waals surface area contributed by atoms with Gasteiger partial charge in [-0.2, -0.15) is 0 Å². The van der Waals surface area contributed by atoms with E-state index < -0.39 is 125 Å². The molecule has 19 atom stereocenters. The number of benzene rings is 2. The summed E-state index contributed by atoms with van der Waals surface area (Å²) in [5.41, 5.74) is -5.02. The van der Waals surface area contributed by atoms with Gasteiger partial charge in [-0.1, -0.05) is 128 Å². The summed E-state index contributed by atoms with van der Waals surface area (Å²) in [4.78, 5) is 87.6. The number of allylic oxidation sites excluding steroid dienone is 1. The van der Waals surface area contributed by atoms with Gasteiger partial charge in [0.2, 0.25) is 6.10 Å². The molecule has 19 unspecified atom stereocenters. The molecular formula is C78H111NO18. The molecular weight excluding hydrogens is 1240 g/mol. The quantitative estimate of drug-likeness (QED) is 0.0407. The van der Waals surface area contributed by atoms with Gasteiger partial charge in [-0.25, -0.2) is 19.2 Å². The summed E-state index contributed by atoms with van der Waals surface area (Å²) in [7, 11) is 2.79. The van der Waals surface area contributed by atoms with E-state index in [-0.39, 0.29) is 48.9 Å². The summed E-state index contributed by atoms with van der Waals surface area (Å²) in [6.45, 7) is 25.4. The zero-order valence-electron chi connectivity index (χ0n) is 60.3. The van der Waals surface area contributed by atoms with Gasteiger partial charge in [0, 0.05) is 39.4 Å². The Morgan fingerprint density at radius 3 is 2.15 bits per heavy atom. The minimum Gasteiger partial charge on any atom is -0.455 e. The number of carbonyl (C=O) groups excluding carboxylic acids is 6. The van der Waals surface area contributed by atoms with Gasteiger partial charge in [-0.3, -0.25) is 9.59 Å². The van der Waals surface area contributed by atoms with Gasteiger partial charge < -0.3 is 62.5 Å². The molecule has 0 radical (unpaired) electrons.